The summed E-state index contributed by atoms with van der Waals surface area (Å²) in [4.78, 5) is 5.57. The molecule has 2 N–H and O–H groups in total. The van der Waals surface area contributed by atoms with Gasteiger partial charge in [0.15, 0.2) is 0 Å². The van der Waals surface area contributed by atoms with Crippen LogP contribution >= 0.6 is 0 Å². The zero-order chi connectivity index (χ0) is 12.5. The molecular weight excluding hydrogens is 222 g/mol. The summed E-state index contributed by atoms with van der Waals surface area (Å²) in [5, 5.41) is 0. The van der Waals surface area contributed by atoms with E-state index in [9.17, 15) is 0 Å². The van der Waals surface area contributed by atoms with Crippen LogP contribution in [0.3, 0.4) is 0 Å². The Morgan fingerprint density at radius 2 is 1.89 bits per heavy atom. The minimum absolute atomic E-state index is 0.749. The van der Waals surface area contributed by atoms with Crippen LogP contribution in [0.25, 0.3) is 0 Å². The van der Waals surface area contributed by atoms with Crippen molar-refractivity contribution in [1.29, 1.82) is 0 Å². The SMILES string of the molecule is CC1CCC(CN)CN1C1CCN2CCCCC12. The van der Waals surface area contributed by atoms with E-state index in [4.69, 9.17) is 5.73 Å². The van der Waals surface area contributed by atoms with Gasteiger partial charge < -0.3 is 5.73 Å². The molecule has 0 radical (unpaired) electrons. The number of piperidine rings is 2. The highest BCUT2D eigenvalue weighted by molar-refractivity contribution is 4.98. The molecule has 0 bridgehead atoms. The molecular formula is C15H29N3. The number of fused-ring (bicyclic) bond motifs is 1. The molecule has 0 aromatic rings. The highest BCUT2D eigenvalue weighted by Gasteiger charge is 2.41. The van der Waals surface area contributed by atoms with E-state index in [1.807, 2.05) is 0 Å². The number of hydrogen-bond acceptors (Lipinski definition) is 3. The third kappa shape index (κ3) is 2.33. The van der Waals surface area contributed by atoms with E-state index in [-0.39, 0.29) is 0 Å². The molecule has 0 spiro atoms. The van der Waals surface area contributed by atoms with Crippen molar-refractivity contribution in [1.82, 2.24) is 9.80 Å². The van der Waals surface area contributed by atoms with Crippen LogP contribution in [0.4, 0.5) is 0 Å². The van der Waals surface area contributed by atoms with Gasteiger partial charge in [-0.2, -0.15) is 0 Å². The van der Waals surface area contributed by atoms with Crippen LogP contribution in [-0.2, 0) is 0 Å². The summed E-state index contributed by atoms with van der Waals surface area (Å²) >= 11 is 0. The van der Waals surface area contributed by atoms with Gasteiger partial charge in [-0.25, -0.2) is 0 Å². The van der Waals surface area contributed by atoms with E-state index in [1.54, 1.807) is 0 Å². The lowest BCUT2D eigenvalue weighted by molar-refractivity contribution is 0.0438. The summed E-state index contributed by atoms with van der Waals surface area (Å²) in [7, 11) is 0. The lowest BCUT2D eigenvalue weighted by Gasteiger charge is -2.45. The van der Waals surface area contributed by atoms with Crippen molar-refractivity contribution in [3.63, 3.8) is 0 Å². The Morgan fingerprint density at radius 3 is 2.72 bits per heavy atom. The van der Waals surface area contributed by atoms with Gasteiger partial charge in [-0.05, 0) is 58.0 Å². The molecule has 0 amide bonds. The number of nitrogens with zero attached hydrogens (tertiary/aromatic N) is 2. The first-order valence-electron chi connectivity index (χ1n) is 7.99. The molecule has 0 aromatic heterocycles. The van der Waals surface area contributed by atoms with Crippen LogP contribution in [0.5, 0.6) is 0 Å². The Morgan fingerprint density at radius 1 is 1.00 bits per heavy atom. The maximum absolute atomic E-state index is 5.90. The summed E-state index contributed by atoms with van der Waals surface area (Å²) in [5.74, 6) is 0.749. The Labute approximate surface area is 112 Å². The van der Waals surface area contributed by atoms with E-state index in [0.717, 1.165) is 30.6 Å². The topological polar surface area (TPSA) is 32.5 Å². The fourth-order valence-corrected chi connectivity index (χ4v) is 4.47. The Hall–Kier alpha value is -0.120. The molecule has 3 heterocycles. The first-order valence-corrected chi connectivity index (χ1v) is 7.99. The summed E-state index contributed by atoms with van der Waals surface area (Å²) in [6.07, 6.45) is 8.39. The third-order valence-electron chi connectivity index (χ3n) is 5.61. The van der Waals surface area contributed by atoms with Crippen LogP contribution < -0.4 is 5.73 Å². The normalized spacial score (nSPS) is 43.0. The number of rotatable bonds is 2. The second-order valence-corrected chi connectivity index (χ2v) is 6.68. The van der Waals surface area contributed by atoms with Gasteiger partial charge in [0.2, 0.25) is 0 Å². The van der Waals surface area contributed by atoms with Gasteiger partial charge in [0, 0.05) is 31.2 Å². The zero-order valence-electron chi connectivity index (χ0n) is 11.9. The standard InChI is InChI=1S/C15H29N3/c1-12-5-6-13(10-16)11-18(12)15-7-9-17-8-3-2-4-14(15)17/h12-15H,2-11,16H2,1H3. The predicted octanol–water partition coefficient (Wildman–Crippen LogP) is 1.67. The van der Waals surface area contributed by atoms with E-state index < -0.39 is 0 Å². The molecule has 0 aromatic carbocycles. The molecule has 3 fully saturated rings. The number of likely N-dealkylation sites (tertiary alicyclic amines) is 1. The maximum Gasteiger partial charge on any atom is 0.0266 e. The monoisotopic (exact) mass is 251 g/mol. The number of nitrogens with two attached hydrogens (primary N) is 1. The van der Waals surface area contributed by atoms with E-state index >= 15 is 0 Å². The first-order chi connectivity index (χ1) is 8.79. The van der Waals surface area contributed by atoms with Crippen LogP contribution in [0.15, 0.2) is 0 Å². The average molecular weight is 251 g/mol. The molecule has 3 aliphatic rings. The highest BCUT2D eigenvalue weighted by Crippen LogP contribution is 2.34. The minimum Gasteiger partial charge on any atom is -0.330 e. The molecule has 3 saturated heterocycles. The average Bonchev–Trinajstić information content (AvgIpc) is 2.83. The van der Waals surface area contributed by atoms with Crippen molar-refractivity contribution in [3.05, 3.63) is 0 Å². The van der Waals surface area contributed by atoms with Crippen molar-refractivity contribution in [2.24, 2.45) is 11.7 Å². The van der Waals surface area contributed by atoms with Gasteiger partial charge in [-0.1, -0.05) is 6.42 Å². The summed E-state index contributed by atoms with van der Waals surface area (Å²) < 4.78 is 0. The van der Waals surface area contributed by atoms with Crippen molar-refractivity contribution in [2.45, 2.75) is 63.6 Å². The van der Waals surface area contributed by atoms with Crippen LogP contribution in [0.1, 0.15) is 45.4 Å². The van der Waals surface area contributed by atoms with Crippen LogP contribution in [0.2, 0.25) is 0 Å². The van der Waals surface area contributed by atoms with Crippen LogP contribution in [0, 0.1) is 5.92 Å². The Bertz CT molecular complexity index is 281. The van der Waals surface area contributed by atoms with E-state index in [0.29, 0.717) is 0 Å². The number of hydrogen-bond donors (Lipinski definition) is 1. The largest absolute Gasteiger partial charge is 0.330 e. The zero-order valence-corrected chi connectivity index (χ0v) is 11.9. The molecule has 0 saturated carbocycles. The van der Waals surface area contributed by atoms with E-state index in [2.05, 4.69) is 16.7 Å². The third-order valence-corrected chi connectivity index (χ3v) is 5.61. The summed E-state index contributed by atoms with van der Waals surface area (Å²) in [5.41, 5.74) is 5.90. The van der Waals surface area contributed by atoms with E-state index in [1.165, 1.54) is 58.2 Å². The molecule has 4 atom stereocenters. The molecule has 3 rings (SSSR count). The van der Waals surface area contributed by atoms with Crippen molar-refractivity contribution in [2.75, 3.05) is 26.2 Å². The molecule has 104 valence electrons. The quantitative estimate of drug-likeness (QED) is 0.810. The first kappa shape index (κ1) is 12.9. The van der Waals surface area contributed by atoms with Gasteiger partial charge in [0.25, 0.3) is 0 Å². The fraction of sp³-hybridized carbons (Fsp3) is 1.00. The molecule has 4 unspecified atom stereocenters. The molecule has 3 aliphatic heterocycles. The minimum atomic E-state index is 0.749. The second-order valence-electron chi connectivity index (χ2n) is 6.68. The summed E-state index contributed by atoms with van der Waals surface area (Å²) in [6.45, 7) is 7.25. The molecule has 0 aliphatic carbocycles. The molecule has 3 nitrogen and oxygen atoms in total. The van der Waals surface area contributed by atoms with Gasteiger partial charge in [0.05, 0.1) is 0 Å². The van der Waals surface area contributed by atoms with Crippen molar-refractivity contribution in [3.8, 4) is 0 Å². The van der Waals surface area contributed by atoms with Gasteiger partial charge in [-0.3, -0.25) is 9.80 Å². The van der Waals surface area contributed by atoms with Crippen LogP contribution in [-0.4, -0.2) is 54.1 Å². The van der Waals surface area contributed by atoms with Crippen molar-refractivity contribution < 1.29 is 0 Å². The second kappa shape index (κ2) is 5.48. The Balaban J connectivity index is 1.69. The predicted molar refractivity (Wildman–Crippen MR) is 75.6 cm³/mol. The summed E-state index contributed by atoms with van der Waals surface area (Å²) in [6, 6.07) is 2.46. The fourth-order valence-electron chi connectivity index (χ4n) is 4.47. The van der Waals surface area contributed by atoms with Gasteiger partial charge in [-0.15, -0.1) is 0 Å². The smallest absolute Gasteiger partial charge is 0.0266 e. The lowest BCUT2D eigenvalue weighted by atomic mass is 9.89. The van der Waals surface area contributed by atoms with Gasteiger partial charge in [0.1, 0.15) is 0 Å². The molecule has 18 heavy (non-hydrogen) atoms. The lowest BCUT2D eigenvalue weighted by Crippen LogP contribution is -2.54. The Kier molecular flexibility index (Phi) is 3.92. The maximum atomic E-state index is 5.90. The van der Waals surface area contributed by atoms with Gasteiger partial charge >= 0.3 is 0 Å². The molecule has 3 heteroatoms. The highest BCUT2D eigenvalue weighted by atomic mass is 15.3. The van der Waals surface area contributed by atoms with Crippen molar-refractivity contribution >= 4 is 0 Å².